The molecule has 0 spiro atoms. The summed E-state index contributed by atoms with van der Waals surface area (Å²) >= 11 is 7.25. The van der Waals surface area contributed by atoms with Crippen LogP contribution in [0.15, 0.2) is 46.7 Å². The first-order valence-corrected chi connectivity index (χ1v) is 11.2. The fourth-order valence-corrected chi connectivity index (χ4v) is 5.31. The zero-order chi connectivity index (χ0) is 19.4. The largest absolute Gasteiger partial charge is 0.340 e. The van der Waals surface area contributed by atoms with E-state index in [-0.39, 0.29) is 42.5 Å². The Hall–Kier alpha value is -1.74. The number of rotatable bonds is 6. The molecule has 144 valence electrons. The number of halogens is 1. The number of carbonyl (C=O) groups is 2. The molecule has 27 heavy (non-hydrogen) atoms. The van der Waals surface area contributed by atoms with E-state index in [1.807, 2.05) is 5.38 Å². The molecule has 0 bridgehead atoms. The van der Waals surface area contributed by atoms with Gasteiger partial charge in [0.2, 0.25) is 15.9 Å². The van der Waals surface area contributed by atoms with Crippen molar-refractivity contribution in [1.82, 2.24) is 9.21 Å². The Morgan fingerprint density at radius 2 is 1.78 bits per heavy atom. The van der Waals surface area contributed by atoms with Gasteiger partial charge in [0.05, 0.1) is 9.77 Å². The number of amides is 1. The first kappa shape index (κ1) is 20.0. The molecule has 1 amide bonds. The van der Waals surface area contributed by atoms with Crippen molar-refractivity contribution in [3.05, 3.63) is 51.7 Å². The van der Waals surface area contributed by atoms with E-state index in [2.05, 4.69) is 0 Å². The third-order valence-electron chi connectivity index (χ3n) is 4.39. The zero-order valence-electron chi connectivity index (χ0n) is 14.5. The Bertz CT molecular complexity index is 921. The van der Waals surface area contributed by atoms with Gasteiger partial charge in [-0.25, -0.2) is 8.42 Å². The van der Waals surface area contributed by atoms with Crippen molar-refractivity contribution >= 4 is 44.7 Å². The summed E-state index contributed by atoms with van der Waals surface area (Å²) in [6, 6.07) is 9.70. The molecule has 1 aliphatic rings. The molecule has 1 aromatic carbocycles. The van der Waals surface area contributed by atoms with Crippen LogP contribution < -0.4 is 0 Å². The summed E-state index contributed by atoms with van der Waals surface area (Å²) in [5.41, 5.74) is 0. The molecular formula is C18H19ClN2O4S2. The fourth-order valence-electron chi connectivity index (χ4n) is 2.89. The average molecular weight is 427 g/mol. The molecule has 0 N–H and O–H groups in total. The lowest BCUT2D eigenvalue weighted by atomic mass is 10.1. The predicted octanol–water partition coefficient (Wildman–Crippen LogP) is 2.90. The van der Waals surface area contributed by atoms with Crippen LogP contribution in [0.25, 0.3) is 0 Å². The van der Waals surface area contributed by atoms with Crippen molar-refractivity contribution in [3.8, 4) is 0 Å². The molecule has 3 rings (SSSR count). The summed E-state index contributed by atoms with van der Waals surface area (Å²) in [4.78, 5) is 26.8. The number of Topliss-reactive ketones (excluding diaryl/α,β-unsaturated/α-hetero) is 1. The second-order valence-corrected chi connectivity index (χ2v) is 9.46. The molecule has 1 aliphatic heterocycles. The first-order chi connectivity index (χ1) is 12.9. The number of sulfonamides is 1. The molecule has 9 heteroatoms. The second kappa shape index (κ2) is 8.52. The highest BCUT2D eigenvalue weighted by Crippen LogP contribution is 2.21. The molecular weight excluding hydrogens is 408 g/mol. The molecule has 2 aromatic rings. The van der Waals surface area contributed by atoms with Gasteiger partial charge < -0.3 is 4.90 Å². The van der Waals surface area contributed by atoms with Crippen molar-refractivity contribution in [2.45, 2.75) is 17.7 Å². The number of piperazine rings is 1. The monoisotopic (exact) mass is 426 g/mol. The molecule has 1 fully saturated rings. The summed E-state index contributed by atoms with van der Waals surface area (Å²) in [7, 11) is -3.63. The third-order valence-corrected chi connectivity index (χ3v) is 7.43. The van der Waals surface area contributed by atoms with Crippen LogP contribution in [-0.4, -0.2) is 55.5 Å². The van der Waals surface area contributed by atoms with Gasteiger partial charge in [-0.2, -0.15) is 4.31 Å². The number of benzene rings is 1. The summed E-state index contributed by atoms with van der Waals surface area (Å²) < 4.78 is 26.7. The number of nitrogens with zero attached hydrogens (tertiary/aromatic N) is 2. The Balaban J connectivity index is 1.54. The molecule has 1 saturated heterocycles. The van der Waals surface area contributed by atoms with E-state index < -0.39 is 10.0 Å². The lowest BCUT2D eigenvalue weighted by molar-refractivity contribution is -0.132. The van der Waals surface area contributed by atoms with Gasteiger partial charge in [-0.3, -0.25) is 9.59 Å². The average Bonchev–Trinajstić information content (AvgIpc) is 3.21. The minimum Gasteiger partial charge on any atom is -0.340 e. The van der Waals surface area contributed by atoms with Gasteiger partial charge in [0, 0.05) is 44.0 Å². The molecule has 0 atom stereocenters. The normalized spacial score (nSPS) is 15.7. The van der Waals surface area contributed by atoms with Crippen molar-refractivity contribution in [2.75, 3.05) is 26.2 Å². The first-order valence-electron chi connectivity index (χ1n) is 8.48. The number of ketones is 1. The molecule has 2 heterocycles. The smallest absolute Gasteiger partial charge is 0.243 e. The Kier molecular flexibility index (Phi) is 6.31. The Morgan fingerprint density at radius 3 is 2.41 bits per heavy atom. The Morgan fingerprint density at radius 1 is 1.04 bits per heavy atom. The molecule has 0 aliphatic carbocycles. The van der Waals surface area contributed by atoms with Crippen LogP contribution in [-0.2, 0) is 14.8 Å². The van der Waals surface area contributed by atoms with Gasteiger partial charge in [0.1, 0.15) is 0 Å². The van der Waals surface area contributed by atoms with E-state index in [4.69, 9.17) is 11.6 Å². The predicted molar refractivity (Wildman–Crippen MR) is 105 cm³/mol. The molecule has 0 saturated carbocycles. The van der Waals surface area contributed by atoms with Crippen LogP contribution in [0, 0.1) is 0 Å². The van der Waals surface area contributed by atoms with Gasteiger partial charge in [-0.05, 0) is 29.6 Å². The van der Waals surface area contributed by atoms with Gasteiger partial charge >= 0.3 is 0 Å². The number of thiophene rings is 1. The van der Waals surface area contributed by atoms with Crippen molar-refractivity contribution in [1.29, 1.82) is 0 Å². The lowest BCUT2D eigenvalue weighted by Crippen LogP contribution is -2.50. The highest BCUT2D eigenvalue weighted by Gasteiger charge is 2.30. The highest BCUT2D eigenvalue weighted by molar-refractivity contribution is 7.89. The highest BCUT2D eigenvalue weighted by atomic mass is 35.5. The number of hydrogen-bond acceptors (Lipinski definition) is 5. The summed E-state index contributed by atoms with van der Waals surface area (Å²) in [6.45, 7) is 1.07. The quantitative estimate of drug-likeness (QED) is 0.665. The van der Waals surface area contributed by atoms with Crippen LogP contribution in [0.1, 0.15) is 22.5 Å². The lowest BCUT2D eigenvalue weighted by Gasteiger charge is -2.34. The van der Waals surface area contributed by atoms with E-state index >= 15 is 0 Å². The van der Waals surface area contributed by atoms with Gasteiger partial charge in [-0.15, -0.1) is 11.3 Å². The number of carbonyl (C=O) groups excluding carboxylic acids is 2. The van der Waals surface area contributed by atoms with Crippen molar-refractivity contribution < 1.29 is 18.0 Å². The van der Waals surface area contributed by atoms with E-state index in [0.717, 1.165) is 0 Å². The third kappa shape index (κ3) is 4.76. The van der Waals surface area contributed by atoms with Crippen LogP contribution in [0.3, 0.4) is 0 Å². The van der Waals surface area contributed by atoms with Gasteiger partial charge in [-0.1, -0.05) is 23.7 Å². The van der Waals surface area contributed by atoms with Crippen LogP contribution in [0.4, 0.5) is 0 Å². The zero-order valence-corrected chi connectivity index (χ0v) is 16.9. The van der Waals surface area contributed by atoms with Gasteiger partial charge in [0.25, 0.3) is 0 Å². The summed E-state index contributed by atoms with van der Waals surface area (Å²) in [5.74, 6) is -0.166. The fraction of sp³-hybridized carbons (Fsp3) is 0.333. The standard InChI is InChI=1S/C18H19ClN2O4S2/c19-14-3-1-4-15(13-14)27(24,25)21-10-8-20(9-11-21)18(23)7-6-16(22)17-5-2-12-26-17/h1-5,12-13H,6-11H2. The van der Waals surface area contributed by atoms with Crippen LogP contribution in [0.2, 0.25) is 5.02 Å². The molecule has 0 radical (unpaired) electrons. The maximum Gasteiger partial charge on any atom is 0.243 e. The van der Waals surface area contributed by atoms with E-state index in [0.29, 0.717) is 23.0 Å². The number of hydrogen-bond donors (Lipinski definition) is 0. The van der Waals surface area contributed by atoms with Crippen molar-refractivity contribution in [2.24, 2.45) is 0 Å². The second-order valence-electron chi connectivity index (χ2n) is 6.14. The minimum absolute atomic E-state index is 0.0412. The summed E-state index contributed by atoms with van der Waals surface area (Å²) in [6.07, 6.45) is 0.304. The maximum atomic E-state index is 12.7. The van der Waals surface area contributed by atoms with Crippen molar-refractivity contribution in [3.63, 3.8) is 0 Å². The molecule has 0 unspecified atom stereocenters. The SMILES string of the molecule is O=C(CCC(=O)N1CCN(S(=O)(=O)c2cccc(Cl)c2)CC1)c1cccs1. The summed E-state index contributed by atoms with van der Waals surface area (Å²) in [5, 5.41) is 2.19. The maximum absolute atomic E-state index is 12.7. The topological polar surface area (TPSA) is 74.8 Å². The van der Waals surface area contributed by atoms with E-state index in [1.165, 1.54) is 27.8 Å². The van der Waals surface area contributed by atoms with Crippen LogP contribution in [0.5, 0.6) is 0 Å². The van der Waals surface area contributed by atoms with Crippen LogP contribution >= 0.6 is 22.9 Å². The Labute approximate surface area is 167 Å². The molecule has 6 nitrogen and oxygen atoms in total. The van der Waals surface area contributed by atoms with E-state index in [9.17, 15) is 18.0 Å². The molecule has 1 aromatic heterocycles. The minimum atomic E-state index is -3.63. The van der Waals surface area contributed by atoms with Gasteiger partial charge in [0.15, 0.2) is 5.78 Å². The van der Waals surface area contributed by atoms with E-state index in [1.54, 1.807) is 29.2 Å².